The van der Waals surface area contributed by atoms with Crippen LogP contribution in [0.3, 0.4) is 0 Å². The lowest BCUT2D eigenvalue weighted by Gasteiger charge is -2.15. The van der Waals surface area contributed by atoms with Crippen LogP contribution in [0.2, 0.25) is 5.02 Å². The highest BCUT2D eigenvalue weighted by atomic mass is 35.5. The molecule has 0 fully saturated rings. The number of carbonyl (C=O) groups excluding carboxylic acids is 1. The van der Waals surface area contributed by atoms with Crippen molar-refractivity contribution in [3.8, 4) is 0 Å². The Kier molecular flexibility index (Phi) is 4.36. The van der Waals surface area contributed by atoms with Gasteiger partial charge in [-0.2, -0.15) is 5.06 Å². The summed E-state index contributed by atoms with van der Waals surface area (Å²) >= 11 is 5.76. The second-order valence-corrected chi connectivity index (χ2v) is 4.47. The molecule has 2 amide bonds. The number of halogens is 1. The van der Waals surface area contributed by atoms with E-state index in [1.54, 1.807) is 12.1 Å². The highest BCUT2D eigenvalue weighted by Crippen LogP contribution is 2.20. The molecule has 0 bridgehead atoms. The van der Waals surface area contributed by atoms with Gasteiger partial charge in [0.1, 0.15) is 0 Å². The zero-order valence-electron chi connectivity index (χ0n) is 10.6. The number of anilines is 2. The lowest BCUT2D eigenvalue weighted by Crippen LogP contribution is -2.31. The van der Waals surface area contributed by atoms with Gasteiger partial charge in [0.15, 0.2) is 0 Å². The molecule has 21 heavy (non-hydrogen) atoms. The molecule has 0 atom stereocenters. The molecule has 0 aliphatic carbocycles. The van der Waals surface area contributed by atoms with Crippen molar-refractivity contribution in [1.29, 1.82) is 0 Å². The van der Waals surface area contributed by atoms with Crippen LogP contribution in [-0.2, 0) is 0 Å². The van der Waals surface area contributed by atoms with Crippen LogP contribution in [-0.4, -0.2) is 16.2 Å². The maximum Gasteiger partial charge on any atom is 0.350 e. The van der Waals surface area contributed by atoms with Crippen molar-refractivity contribution in [2.75, 3.05) is 10.4 Å². The van der Waals surface area contributed by atoms with Gasteiger partial charge >= 0.3 is 6.03 Å². The minimum absolute atomic E-state index is 0.167. The molecule has 8 heteroatoms. The van der Waals surface area contributed by atoms with Gasteiger partial charge in [-0.15, -0.1) is 0 Å². The van der Waals surface area contributed by atoms with Crippen molar-refractivity contribution in [2.24, 2.45) is 0 Å². The SMILES string of the molecule is O=C(Nc1cccc([N+](=O)[O-])c1)N(O)c1cccc(Cl)c1. The smallest absolute Gasteiger partial charge is 0.305 e. The molecule has 0 saturated heterocycles. The quantitative estimate of drug-likeness (QED) is 0.513. The number of amides is 2. The van der Waals surface area contributed by atoms with Gasteiger partial charge in [0.25, 0.3) is 5.69 Å². The Balaban J connectivity index is 2.14. The molecular weight excluding hydrogens is 298 g/mol. The predicted octanol–water partition coefficient (Wildman–Crippen LogP) is 3.68. The monoisotopic (exact) mass is 307 g/mol. The summed E-state index contributed by atoms with van der Waals surface area (Å²) < 4.78 is 0. The largest absolute Gasteiger partial charge is 0.350 e. The van der Waals surface area contributed by atoms with E-state index >= 15 is 0 Å². The third kappa shape index (κ3) is 3.68. The molecule has 7 nitrogen and oxygen atoms in total. The summed E-state index contributed by atoms with van der Waals surface area (Å²) in [6.45, 7) is 0. The zero-order valence-corrected chi connectivity index (χ0v) is 11.3. The standard InChI is InChI=1S/C13H10ClN3O4/c14-9-3-1-5-11(7-9)16(19)13(18)15-10-4-2-6-12(8-10)17(20)21/h1-8,19H,(H,15,18). The number of non-ortho nitro benzene ring substituents is 1. The number of urea groups is 1. The number of hydrogen-bond acceptors (Lipinski definition) is 4. The molecule has 0 aliphatic rings. The molecule has 0 spiro atoms. The van der Waals surface area contributed by atoms with Gasteiger partial charge in [0.2, 0.25) is 0 Å². The summed E-state index contributed by atoms with van der Waals surface area (Å²) in [6.07, 6.45) is 0. The first-order chi connectivity index (χ1) is 9.97. The van der Waals surface area contributed by atoms with Crippen molar-refractivity contribution in [3.05, 3.63) is 63.7 Å². The van der Waals surface area contributed by atoms with Crippen LogP contribution in [0.15, 0.2) is 48.5 Å². The maximum atomic E-state index is 11.9. The normalized spacial score (nSPS) is 10.0. The van der Waals surface area contributed by atoms with E-state index in [4.69, 9.17) is 11.6 Å². The molecule has 0 heterocycles. The molecule has 2 N–H and O–H groups in total. The number of hydrogen-bond donors (Lipinski definition) is 2. The fraction of sp³-hybridized carbons (Fsp3) is 0. The first-order valence-electron chi connectivity index (χ1n) is 5.77. The van der Waals surface area contributed by atoms with E-state index in [0.29, 0.717) is 10.1 Å². The summed E-state index contributed by atoms with van der Waals surface area (Å²) in [7, 11) is 0. The van der Waals surface area contributed by atoms with Crippen LogP contribution in [0.5, 0.6) is 0 Å². The summed E-state index contributed by atoms with van der Waals surface area (Å²) in [6, 6.07) is 10.6. The van der Waals surface area contributed by atoms with Crippen molar-refractivity contribution in [2.45, 2.75) is 0 Å². The number of nitrogens with zero attached hydrogens (tertiary/aromatic N) is 2. The average molecular weight is 308 g/mol. The minimum Gasteiger partial charge on any atom is -0.305 e. The Morgan fingerprint density at radius 3 is 2.62 bits per heavy atom. The Labute approximate surface area is 124 Å². The predicted molar refractivity (Wildman–Crippen MR) is 77.8 cm³/mol. The van der Waals surface area contributed by atoms with E-state index in [1.807, 2.05) is 0 Å². The van der Waals surface area contributed by atoms with E-state index < -0.39 is 11.0 Å². The van der Waals surface area contributed by atoms with E-state index in [1.165, 1.54) is 36.4 Å². The van der Waals surface area contributed by atoms with E-state index in [9.17, 15) is 20.1 Å². The molecule has 0 saturated carbocycles. The summed E-state index contributed by atoms with van der Waals surface area (Å²) in [4.78, 5) is 21.9. The molecular formula is C13H10ClN3O4. The number of nitro groups is 1. The van der Waals surface area contributed by atoms with Crippen LogP contribution in [0, 0.1) is 10.1 Å². The van der Waals surface area contributed by atoms with Gasteiger partial charge in [-0.05, 0) is 24.3 Å². The van der Waals surface area contributed by atoms with Crippen LogP contribution in [0.25, 0.3) is 0 Å². The Bertz CT molecular complexity index is 693. The average Bonchev–Trinajstić information content (AvgIpc) is 2.46. The van der Waals surface area contributed by atoms with Gasteiger partial charge < -0.3 is 5.32 Å². The fourth-order valence-corrected chi connectivity index (χ4v) is 1.78. The summed E-state index contributed by atoms with van der Waals surface area (Å²) in [5, 5.41) is 23.5. The topological polar surface area (TPSA) is 95.7 Å². The molecule has 108 valence electrons. The Hall–Kier alpha value is -2.64. The summed E-state index contributed by atoms with van der Waals surface area (Å²) in [5.41, 5.74) is 0.195. The number of hydroxylamine groups is 1. The highest BCUT2D eigenvalue weighted by molar-refractivity contribution is 6.30. The second-order valence-electron chi connectivity index (χ2n) is 4.03. The van der Waals surface area contributed by atoms with Crippen LogP contribution in [0.1, 0.15) is 0 Å². The van der Waals surface area contributed by atoms with Gasteiger partial charge in [-0.25, -0.2) is 4.79 Å². The lowest BCUT2D eigenvalue weighted by molar-refractivity contribution is -0.384. The van der Waals surface area contributed by atoms with Crippen molar-refractivity contribution in [1.82, 2.24) is 0 Å². The first kappa shape index (κ1) is 14.8. The fourth-order valence-electron chi connectivity index (χ4n) is 1.60. The second kappa shape index (κ2) is 6.21. The number of carbonyl (C=O) groups is 1. The van der Waals surface area contributed by atoms with Gasteiger partial charge in [0, 0.05) is 22.8 Å². The maximum absolute atomic E-state index is 11.9. The van der Waals surface area contributed by atoms with E-state index in [0.717, 1.165) is 0 Å². The van der Waals surface area contributed by atoms with Gasteiger partial charge in [-0.1, -0.05) is 23.7 Å². The van der Waals surface area contributed by atoms with Crippen molar-refractivity contribution < 1.29 is 14.9 Å². The molecule has 0 aromatic heterocycles. The Morgan fingerprint density at radius 2 is 1.95 bits per heavy atom. The van der Waals surface area contributed by atoms with Gasteiger partial charge in [-0.3, -0.25) is 15.3 Å². The molecule has 2 aromatic carbocycles. The number of benzene rings is 2. The molecule has 2 rings (SSSR count). The molecule has 0 unspecified atom stereocenters. The highest BCUT2D eigenvalue weighted by Gasteiger charge is 2.15. The number of nitro benzene ring substituents is 1. The van der Waals surface area contributed by atoms with Crippen molar-refractivity contribution >= 4 is 34.7 Å². The molecule has 2 aromatic rings. The molecule has 0 aliphatic heterocycles. The van der Waals surface area contributed by atoms with Crippen LogP contribution in [0.4, 0.5) is 21.9 Å². The van der Waals surface area contributed by atoms with Crippen molar-refractivity contribution in [3.63, 3.8) is 0 Å². The van der Waals surface area contributed by atoms with Gasteiger partial charge in [0.05, 0.1) is 10.6 Å². The first-order valence-corrected chi connectivity index (χ1v) is 6.15. The van der Waals surface area contributed by atoms with E-state index in [2.05, 4.69) is 5.32 Å². The number of rotatable bonds is 3. The third-order valence-corrected chi connectivity index (χ3v) is 2.79. The third-order valence-electron chi connectivity index (χ3n) is 2.55. The summed E-state index contributed by atoms with van der Waals surface area (Å²) in [5.74, 6) is 0. The number of nitrogens with one attached hydrogen (secondary N) is 1. The van der Waals surface area contributed by atoms with E-state index in [-0.39, 0.29) is 17.1 Å². The minimum atomic E-state index is -0.863. The lowest BCUT2D eigenvalue weighted by atomic mass is 10.3. The van der Waals surface area contributed by atoms with Crippen LogP contribution < -0.4 is 10.4 Å². The van der Waals surface area contributed by atoms with Crippen LogP contribution >= 0.6 is 11.6 Å². The molecule has 0 radical (unpaired) electrons. The zero-order chi connectivity index (χ0) is 15.4. The Morgan fingerprint density at radius 1 is 1.24 bits per heavy atom.